The number of aryl methyl sites for hydroxylation is 2. The highest BCUT2D eigenvalue weighted by molar-refractivity contribution is 9.11. The van der Waals surface area contributed by atoms with E-state index in [1.807, 2.05) is 0 Å². The third-order valence-corrected chi connectivity index (χ3v) is 26.2. The van der Waals surface area contributed by atoms with E-state index in [9.17, 15) is 0 Å². The van der Waals surface area contributed by atoms with Crippen molar-refractivity contribution in [1.82, 2.24) is 0 Å². The molecule has 0 saturated heterocycles. The van der Waals surface area contributed by atoms with Gasteiger partial charge < -0.3 is 0 Å². The Morgan fingerprint density at radius 2 is 0.614 bits per heavy atom. The number of benzene rings is 18. The third-order valence-electron chi connectivity index (χ3n) is 21.7. The van der Waals surface area contributed by atoms with E-state index in [-0.39, 0.29) is 85.1 Å². The standard InChI is InChI=1S/C28H28Br2.C28H16Br2.C22H20Br2.C16H9Br/c2*29-25-15-23(17-7-3-1-4-8-17)19-11-13-22-26(30)16-24(18-9-5-2-6-10-18)20-12-14-21(25)27(19)28(20)22;1-3-5-13-11-19(23)17-10-8-16-14(6-4-2)12-20(24)18-9-7-15(13)21(17)22(16)18;17-14-9-7-12-5-4-10-2-1-3-11-6-8-13(14)16(12)15(10)11/h11-18H,1-10H2;1-16H;7-12H,3-6H2,1-2H3;1-9H/i;;;1D,2D,3D,4D,5D,6D,7D,8D,9D. The highest BCUT2D eigenvalue weighted by atomic mass is 79.9. The molecule has 0 amide bonds. The van der Waals surface area contributed by atoms with Gasteiger partial charge in [0.05, 0.1) is 12.3 Å². The molecule has 18 aromatic carbocycles. The van der Waals surface area contributed by atoms with Crippen molar-refractivity contribution >= 4 is 241 Å². The normalized spacial score (nSPS) is 15.3. The zero-order chi connectivity index (χ0) is 76.6. The minimum absolute atomic E-state index is 0.0132. The maximum absolute atomic E-state index is 8.33. The molecule has 0 aromatic heterocycles. The number of hydrogen-bond acceptors (Lipinski definition) is 0. The van der Waals surface area contributed by atoms with E-state index in [0.717, 1.165) is 21.8 Å². The van der Waals surface area contributed by atoms with Crippen LogP contribution in [0.2, 0.25) is 0 Å². The Balaban J connectivity index is 0.000000107. The van der Waals surface area contributed by atoms with Gasteiger partial charge in [-0.2, -0.15) is 0 Å². The lowest BCUT2D eigenvalue weighted by Crippen LogP contribution is -2.07. The van der Waals surface area contributed by atoms with Crippen molar-refractivity contribution in [2.75, 3.05) is 0 Å². The SMILES string of the molecule is Brc1cc(-c2ccccc2)c2ccc3c(Br)cc(-c4ccccc4)c4ccc1c2c34.Brc1cc(C2CCCCC2)c2ccc3c(Br)cc(C4CCCCC4)c4ccc1c2c34.CCCc1cc(Br)c2ccc3c(CCC)cc(Br)c4ccc1c2c43.[2H]c1c([2H])c2c([2H])c([2H])c3c([2H])c([2H])c(Br)c4c([2H])c([2H])c(c1[2H])c2c34. The molecule has 0 unspecified atom stereocenters. The Kier molecular flexibility index (Phi) is 16.3. The van der Waals surface area contributed by atoms with Crippen LogP contribution in [0.5, 0.6) is 0 Å². The summed E-state index contributed by atoms with van der Waals surface area (Å²) < 4.78 is 81.2. The van der Waals surface area contributed by atoms with E-state index in [1.54, 1.807) is 11.1 Å². The first-order valence-corrected chi connectivity index (χ1v) is 41.0. The molecule has 18 aromatic rings. The van der Waals surface area contributed by atoms with Gasteiger partial charge in [0.15, 0.2) is 0 Å². The molecule has 2 saturated carbocycles. The topological polar surface area (TPSA) is 0 Å². The summed E-state index contributed by atoms with van der Waals surface area (Å²) in [6, 6.07) is 59.9. The molecular weight excluding hydrogens is 1690 g/mol. The van der Waals surface area contributed by atoms with Crippen molar-refractivity contribution in [2.24, 2.45) is 0 Å². The molecular formula is C94H73Br7. The smallest absolute Gasteiger partial charge is 0.0635 e. The van der Waals surface area contributed by atoms with Crippen molar-refractivity contribution in [3.63, 3.8) is 0 Å². The van der Waals surface area contributed by atoms with Gasteiger partial charge in [0, 0.05) is 31.3 Å². The number of hydrogen-bond donors (Lipinski definition) is 0. The fraction of sp³-hybridized carbons (Fsp3) is 0.191. The van der Waals surface area contributed by atoms with E-state index in [2.05, 4.69) is 295 Å². The lowest BCUT2D eigenvalue weighted by molar-refractivity contribution is 0.445. The van der Waals surface area contributed by atoms with Gasteiger partial charge in [-0.1, -0.05) is 359 Å². The van der Waals surface area contributed by atoms with Crippen molar-refractivity contribution in [3.8, 4) is 22.3 Å². The Morgan fingerprint density at radius 3 is 1.03 bits per heavy atom. The molecule has 0 aliphatic heterocycles. The average Bonchev–Trinajstić information content (AvgIpc) is 0.692. The van der Waals surface area contributed by atoms with Crippen LogP contribution in [-0.4, -0.2) is 0 Å². The van der Waals surface area contributed by atoms with E-state index in [1.165, 1.54) is 225 Å². The Labute approximate surface area is 662 Å². The van der Waals surface area contributed by atoms with Gasteiger partial charge >= 0.3 is 0 Å². The van der Waals surface area contributed by atoms with Crippen LogP contribution in [0.3, 0.4) is 0 Å². The average molecular weight is 1770 g/mol. The predicted molar refractivity (Wildman–Crippen MR) is 465 cm³/mol. The molecule has 0 heterocycles. The summed E-state index contributed by atoms with van der Waals surface area (Å²) in [6.07, 6.45) is 18.3. The van der Waals surface area contributed by atoms with E-state index < -0.39 is 6.04 Å². The van der Waals surface area contributed by atoms with E-state index in [4.69, 9.17) is 12.3 Å². The first kappa shape index (κ1) is 57.8. The lowest BCUT2D eigenvalue weighted by atomic mass is 9.78. The Hall–Kier alpha value is -6.52. The molecule has 0 atom stereocenters. The van der Waals surface area contributed by atoms with Crippen LogP contribution >= 0.6 is 112 Å². The van der Waals surface area contributed by atoms with Crippen molar-refractivity contribution in [1.29, 1.82) is 0 Å². The van der Waals surface area contributed by atoms with Gasteiger partial charge in [-0.05, 0) is 267 Å². The maximum atomic E-state index is 8.33. The molecule has 0 bridgehead atoms. The monoisotopic (exact) mass is 1760 g/mol. The van der Waals surface area contributed by atoms with Crippen LogP contribution in [0.1, 0.15) is 137 Å². The van der Waals surface area contributed by atoms with Crippen molar-refractivity contribution in [2.45, 2.75) is 116 Å². The minimum Gasteiger partial charge on any atom is -0.0651 e. The van der Waals surface area contributed by atoms with Crippen LogP contribution in [0, 0.1) is 0 Å². The summed E-state index contributed by atoms with van der Waals surface area (Å²) in [5.74, 6) is 1.42. The molecule has 0 radical (unpaired) electrons. The molecule has 0 spiro atoms. The van der Waals surface area contributed by atoms with Crippen LogP contribution in [0.25, 0.3) is 152 Å². The fourth-order valence-corrected chi connectivity index (χ4v) is 21.0. The molecule has 20 rings (SSSR count). The van der Waals surface area contributed by atoms with Gasteiger partial charge in [0.25, 0.3) is 0 Å². The zero-order valence-electron chi connectivity index (χ0n) is 64.9. The Bertz CT molecular complexity index is 6220. The predicted octanol–water partition coefficient (Wildman–Crippen LogP) is 33.0. The zero-order valence-corrected chi connectivity index (χ0v) is 67.0. The largest absolute Gasteiger partial charge is 0.0651 e. The van der Waals surface area contributed by atoms with Crippen LogP contribution in [0.4, 0.5) is 0 Å². The minimum atomic E-state index is -0.469. The summed E-state index contributed by atoms with van der Waals surface area (Å²) in [7, 11) is 0. The highest BCUT2D eigenvalue weighted by Gasteiger charge is 2.26. The molecule has 2 aliphatic carbocycles. The summed E-state index contributed by atoms with van der Waals surface area (Å²) in [5.41, 5.74) is 11.0. The molecule has 101 heavy (non-hydrogen) atoms. The molecule has 498 valence electrons. The molecule has 2 aliphatic rings. The quantitative estimate of drug-likeness (QED) is 0.133. The van der Waals surface area contributed by atoms with Gasteiger partial charge in [-0.3, -0.25) is 0 Å². The maximum Gasteiger partial charge on any atom is 0.0635 e. The lowest BCUT2D eigenvalue weighted by Gasteiger charge is -2.27. The van der Waals surface area contributed by atoms with Gasteiger partial charge in [0.2, 0.25) is 0 Å². The molecule has 7 heteroatoms. The van der Waals surface area contributed by atoms with Gasteiger partial charge in [-0.15, -0.1) is 0 Å². The Morgan fingerprint density at radius 1 is 0.287 bits per heavy atom. The highest BCUT2D eigenvalue weighted by Crippen LogP contribution is 2.51. The van der Waals surface area contributed by atoms with Gasteiger partial charge in [0.1, 0.15) is 0 Å². The summed E-state index contributed by atoms with van der Waals surface area (Å²) >= 11 is 26.5. The number of rotatable bonds is 8. The summed E-state index contributed by atoms with van der Waals surface area (Å²) in [5, 5.41) is 25.1. The molecule has 2 fully saturated rings. The van der Waals surface area contributed by atoms with Crippen LogP contribution in [-0.2, 0) is 12.8 Å². The van der Waals surface area contributed by atoms with Gasteiger partial charge in [-0.25, -0.2) is 0 Å². The van der Waals surface area contributed by atoms with Crippen molar-refractivity contribution < 1.29 is 12.3 Å². The number of halogens is 7. The second-order valence-electron chi connectivity index (χ2n) is 27.5. The first-order valence-electron chi connectivity index (χ1n) is 39.9. The second kappa shape index (κ2) is 28.5. The molecule has 0 N–H and O–H groups in total. The second-order valence-corrected chi connectivity index (χ2v) is 33.5. The third kappa shape index (κ3) is 12.1. The van der Waals surface area contributed by atoms with E-state index in [0.29, 0.717) is 11.8 Å². The molecule has 0 nitrogen and oxygen atoms in total. The van der Waals surface area contributed by atoms with E-state index >= 15 is 0 Å². The fourth-order valence-electron chi connectivity index (χ4n) is 17.1. The van der Waals surface area contributed by atoms with Crippen LogP contribution < -0.4 is 0 Å². The van der Waals surface area contributed by atoms with Crippen LogP contribution in [0.15, 0.2) is 256 Å². The summed E-state index contributed by atoms with van der Waals surface area (Å²) in [6.45, 7) is 4.50. The first-order chi connectivity index (χ1) is 53.2. The van der Waals surface area contributed by atoms with Crippen molar-refractivity contribution in [3.05, 3.63) is 278 Å². The summed E-state index contributed by atoms with van der Waals surface area (Å²) in [4.78, 5) is 0.